The molecule has 0 saturated carbocycles. The van der Waals surface area contributed by atoms with Crippen molar-refractivity contribution in [3.8, 4) is 0 Å². The maximum Gasteiger partial charge on any atom is 0.266 e. The molecule has 3 rings (SSSR count). The van der Waals surface area contributed by atoms with Crippen LogP contribution in [0.3, 0.4) is 0 Å². The van der Waals surface area contributed by atoms with Gasteiger partial charge in [0.2, 0.25) is 0 Å². The third-order valence-electron chi connectivity index (χ3n) is 4.11. The number of carbonyl (C=O) groups is 2. The van der Waals surface area contributed by atoms with Crippen molar-refractivity contribution in [2.24, 2.45) is 0 Å². The van der Waals surface area contributed by atoms with Crippen LogP contribution < -0.4 is 4.90 Å². The predicted molar refractivity (Wildman–Crippen MR) is 106 cm³/mol. The number of thioether (sulfide) groups is 1. The summed E-state index contributed by atoms with van der Waals surface area (Å²) in [6.45, 7) is 5.14. The molecule has 1 aromatic rings. The van der Waals surface area contributed by atoms with E-state index in [1.165, 1.54) is 11.8 Å². The van der Waals surface area contributed by atoms with Crippen molar-refractivity contribution >= 4 is 67.3 Å². The van der Waals surface area contributed by atoms with Crippen LogP contribution in [0, 0.1) is 0 Å². The summed E-state index contributed by atoms with van der Waals surface area (Å²) < 4.78 is 1.40. The van der Waals surface area contributed by atoms with E-state index >= 15 is 0 Å². The molecular formula is C17H17BrN2O2S2. The summed E-state index contributed by atoms with van der Waals surface area (Å²) in [5.41, 5.74) is 2.16. The fourth-order valence-corrected chi connectivity index (χ4v) is 4.70. The summed E-state index contributed by atoms with van der Waals surface area (Å²) in [5, 5.41) is 0. The fourth-order valence-electron chi connectivity index (χ4n) is 2.88. The summed E-state index contributed by atoms with van der Waals surface area (Å²) >= 11 is 9.98. The molecule has 0 N–H and O–H groups in total. The average molecular weight is 425 g/mol. The lowest BCUT2D eigenvalue weighted by molar-refractivity contribution is -0.122. The highest BCUT2D eigenvalue weighted by molar-refractivity contribution is 9.10. The van der Waals surface area contributed by atoms with E-state index < -0.39 is 0 Å². The van der Waals surface area contributed by atoms with Gasteiger partial charge in [0.25, 0.3) is 11.8 Å². The lowest BCUT2D eigenvalue weighted by Gasteiger charge is -2.16. The van der Waals surface area contributed by atoms with Gasteiger partial charge in [0.05, 0.1) is 16.2 Å². The Morgan fingerprint density at radius 1 is 1.17 bits per heavy atom. The van der Waals surface area contributed by atoms with Crippen LogP contribution in [0.25, 0.3) is 5.57 Å². The Balaban J connectivity index is 2.14. The van der Waals surface area contributed by atoms with Gasteiger partial charge < -0.3 is 4.90 Å². The molecule has 0 bridgehead atoms. The zero-order valence-electron chi connectivity index (χ0n) is 13.5. The lowest BCUT2D eigenvalue weighted by Crippen LogP contribution is -2.29. The monoisotopic (exact) mass is 424 g/mol. The normalized spacial score (nSPS) is 20.4. The van der Waals surface area contributed by atoms with Crippen LogP contribution in [0.2, 0.25) is 0 Å². The molecule has 0 radical (unpaired) electrons. The maximum absolute atomic E-state index is 13.0. The number of amides is 2. The summed E-state index contributed by atoms with van der Waals surface area (Å²) in [6.07, 6.45) is 1.92. The second-order valence-corrected chi connectivity index (χ2v) is 8.15. The molecule has 0 spiro atoms. The zero-order valence-corrected chi connectivity index (χ0v) is 16.7. The van der Waals surface area contributed by atoms with E-state index in [1.807, 2.05) is 25.1 Å². The number of thiocarbonyl (C=S) groups is 1. The standard InChI is InChI=1S/C17H17BrN2O2S2/c1-3-5-8-20-12-7-6-10(18)9-11(12)13(15(20)21)14-16(22)19(4-2)17(23)24-14/h6-7,9H,3-5,8H2,1-2H3/b14-13+. The maximum atomic E-state index is 13.0. The molecule has 7 heteroatoms. The fraction of sp³-hybridized carbons (Fsp3) is 0.353. The molecule has 4 nitrogen and oxygen atoms in total. The van der Waals surface area contributed by atoms with E-state index in [0.29, 0.717) is 27.9 Å². The first-order valence-corrected chi connectivity index (χ1v) is 9.91. The van der Waals surface area contributed by atoms with Gasteiger partial charge >= 0.3 is 0 Å². The number of rotatable bonds is 4. The van der Waals surface area contributed by atoms with Gasteiger partial charge in [0.1, 0.15) is 4.32 Å². The number of halogens is 1. The Morgan fingerprint density at radius 2 is 1.92 bits per heavy atom. The second kappa shape index (κ2) is 6.98. The SMILES string of the molecule is CCCCN1C(=O)/C(=C2/SC(=S)N(CC)C2=O)c2cc(Br)ccc21. The van der Waals surface area contributed by atoms with Crippen LogP contribution in [0.5, 0.6) is 0 Å². The van der Waals surface area contributed by atoms with E-state index in [-0.39, 0.29) is 11.8 Å². The van der Waals surface area contributed by atoms with Crippen molar-refractivity contribution in [3.63, 3.8) is 0 Å². The number of hydrogen-bond acceptors (Lipinski definition) is 4. The Bertz CT molecular complexity index is 776. The lowest BCUT2D eigenvalue weighted by atomic mass is 10.1. The summed E-state index contributed by atoms with van der Waals surface area (Å²) in [4.78, 5) is 29.5. The van der Waals surface area contributed by atoms with Crippen LogP contribution in [0.1, 0.15) is 32.3 Å². The number of anilines is 1. The molecule has 0 unspecified atom stereocenters. The summed E-state index contributed by atoms with van der Waals surface area (Å²) in [5.74, 6) is -0.271. The van der Waals surface area contributed by atoms with Crippen LogP contribution in [0.15, 0.2) is 27.6 Å². The molecule has 2 heterocycles. The molecule has 1 saturated heterocycles. The Kier molecular flexibility index (Phi) is 5.13. The van der Waals surface area contributed by atoms with Gasteiger partial charge in [-0.2, -0.15) is 0 Å². The number of carbonyl (C=O) groups excluding carboxylic acids is 2. The second-order valence-electron chi connectivity index (χ2n) is 5.59. The zero-order chi connectivity index (χ0) is 17.4. The van der Waals surface area contributed by atoms with Crippen molar-refractivity contribution < 1.29 is 9.59 Å². The van der Waals surface area contributed by atoms with Crippen molar-refractivity contribution in [2.75, 3.05) is 18.0 Å². The third-order valence-corrected chi connectivity index (χ3v) is 6.05. The number of hydrogen-bond donors (Lipinski definition) is 0. The highest BCUT2D eigenvalue weighted by Gasteiger charge is 2.41. The molecular weight excluding hydrogens is 408 g/mol. The Hall–Kier alpha value is -1.18. The predicted octanol–water partition coefficient (Wildman–Crippen LogP) is 4.19. The van der Waals surface area contributed by atoms with Gasteiger partial charge in [-0.3, -0.25) is 14.5 Å². The number of unbranched alkanes of at least 4 members (excludes halogenated alkanes) is 1. The molecule has 0 atom stereocenters. The van der Waals surface area contributed by atoms with Crippen molar-refractivity contribution in [3.05, 3.63) is 33.1 Å². The Morgan fingerprint density at radius 3 is 2.54 bits per heavy atom. The van der Waals surface area contributed by atoms with Crippen LogP contribution in [-0.2, 0) is 9.59 Å². The van der Waals surface area contributed by atoms with E-state index in [4.69, 9.17) is 12.2 Å². The number of likely N-dealkylation sites (N-methyl/N-ethyl adjacent to an activating group) is 1. The summed E-state index contributed by atoms with van der Waals surface area (Å²) in [6, 6.07) is 5.76. The minimum atomic E-state index is -0.167. The van der Waals surface area contributed by atoms with E-state index in [1.54, 1.807) is 9.80 Å². The van der Waals surface area contributed by atoms with Gasteiger partial charge in [-0.05, 0) is 31.5 Å². The minimum Gasteiger partial charge on any atom is -0.308 e. The van der Waals surface area contributed by atoms with Gasteiger partial charge in [-0.1, -0.05) is 53.3 Å². The Labute approximate surface area is 159 Å². The quantitative estimate of drug-likeness (QED) is 0.536. The number of nitrogens with zero attached hydrogens (tertiary/aromatic N) is 2. The largest absolute Gasteiger partial charge is 0.308 e. The minimum absolute atomic E-state index is 0.104. The molecule has 0 aromatic heterocycles. The van der Waals surface area contributed by atoms with Crippen molar-refractivity contribution in [1.82, 2.24) is 4.90 Å². The molecule has 1 fully saturated rings. The molecule has 0 aliphatic carbocycles. The number of benzene rings is 1. The topological polar surface area (TPSA) is 40.6 Å². The molecule has 2 aliphatic rings. The van der Waals surface area contributed by atoms with Gasteiger partial charge in [0.15, 0.2) is 0 Å². The third kappa shape index (κ3) is 2.82. The molecule has 2 aliphatic heterocycles. The van der Waals surface area contributed by atoms with E-state index in [0.717, 1.165) is 28.6 Å². The van der Waals surface area contributed by atoms with Crippen molar-refractivity contribution in [2.45, 2.75) is 26.7 Å². The van der Waals surface area contributed by atoms with Crippen molar-refractivity contribution in [1.29, 1.82) is 0 Å². The summed E-state index contributed by atoms with van der Waals surface area (Å²) in [7, 11) is 0. The average Bonchev–Trinajstić information content (AvgIpc) is 2.98. The first kappa shape index (κ1) is 17.6. The van der Waals surface area contributed by atoms with Gasteiger partial charge in [-0.15, -0.1) is 0 Å². The highest BCUT2D eigenvalue weighted by Crippen LogP contribution is 2.45. The van der Waals surface area contributed by atoms with Gasteiger partial charge in [-0.25, -0.2) is 0 Å². The smallest absolute Gasteiger partial charge is 0.266 e. The first-order valence-electron chi connectivity index (χ1n) is 7.89. The van der Waals surface area contributed by atoms with Gasteiger partial charge in [0, 0.05) is 23.1 Å². The van der Waals surface area contributed by atoms with Crippen LogP contribution in [-0.4, -0.2) is 34.1 Å². The van der Waals surface area contributed by atoms with E-state index in [2.05, 4.69) is 22.9 Å². The first-order chi connectivity index (χ1) is 11.5. The molecule has 2 amide bonds. The van der Waals surface area contributed by atoms with Crippen LogP contribution >= 0.6 is 39.9 Å². The molecule has 24 heavy (non-hydrogen) atoms. The molecule has 1 aromatic carbocycles. The highest BCUT2D eigenvalue weighted by atomic mass is 79.9. The van der Waals surface area contributed by atoms with Crippen LogP contribution in [0.4, 0.5) is 5.69 Å². The van der Waals surface area contributed by atoms with E-state index in [9.17, 15) is 9.59 Å². The molecule has 126 valence electrons. The number of fused-ring (bicyclic) bond motifs is 1.